The maximum Gasteiger partial charge on any atom is 0.263 e. The molecule has 3 aromatic carbocycles. The number of para-hydroxylation sites is 1. The molecule has 1 unspecified atom stereocenters. The largest absolute Gasteiger partial charge is 0.496 e. The number of methoxy groups -OCH3 is 2. The van der Waals surface area contributed by atoms with Gasteiger partial charge in [-0.15, -0.1) is 11.8 Å². The number of carbonyl (C=O) groups is 3. The summed E-state index contributed by atoms with van der Waals surface area (Å²) in [5.74, 6) is -0.432. The molecular formula is C25H25N3O5S. The summed E-state index contributed by atoms with van der Waals surface area (Å²) < 4.78 is 10.6. The fraction of sp³-hybridized carbons (Fsp3) is 0.160. The van der Waals surface area contributed by atoms with Crippen molar-refractivity contribution in [1.29, 1.82) is 0 Å². The van der Waals surface area contributed by atoms with Crippen LogP contribution in [0.2, 0.25) is 0 Å². The van der Waals surface area contributed by atoms with Gasteiger partial charge < -0.3 is 25.8 Å². The lowest BCUT2D eigenvalue weighted by atomic mass is 10.1. The molecular weight excluding hydrogens is 454 g/mol. The summed E-state index contributed by atoms with van der Waals surface area (Å²) in [6.07, 6.45) is 0. The van der Waals surface area contributed by atoms with E-state index < -0.39 is 11.2 Å². The van der Waals surface area contributed by atoms with Gasteiger partial charge in [0, 0.05) is 10.6 Å². The zero-order valence-corrected chi connectivity index (χ0v) is 19.8. The van der Waals surface area contributed by atoms with Crippen molar-refractivity contribution in [2.75, 3.05) is 24.9 Å². The Labute approximate surface area is 201 Å². The summed E-state index contributed by atoms with van der Waals surface area (Å²) in [5, 5.41) is 5.13. The molecule has 176 valence electrons. The maximum atomic E-state index is 12.8. The average Bonchev–Trinajstić information content (AvgIpc) is 2.84. The highest BCUT2D eigenvalue weighted by atomic mass is 32.2. The molecule has 0 heterocycles. The maximum absolute atomic E-state index is 12.8. The van der Waals surface area contributed by atoms with Gasteiger partial charge in [0.2, 0.25) is 5.91 Å². The van der Waals surface area contributed by atoms with Crippen molar-refractivity contribution in [2.24, 2.45) is 5.73 Å². The number of amides is 3. The van der Waals surface area contributed by atoms with E-state index in [0.29, 0.717) is 28.4 Å². The second-order valence-electron chi connectivity index (χ2n) is 7.18. The highest BCUT2D eigenvalue weighted by Crippen LogP contribution is 2.30. The highest BCUT2D eigenvalue weighted by molar-refractivity contribution is 8.00. The zero-order valence-electron chi connectivity index (χ0n) is 19.0. The predicted octanol–water partition coefficient (Wildman–Crippen LogP) is 4.17. The van der Waals surface area contributed by atoms with E-state index in [1.807, 2.05) is 0 Å². The number of ether oxygens (including phenoxy) is 2. The van der Waals surface area contributed by atoms with Crippen molar-refractivity contribution in [3.05, 3.63) is 77.9 Å². The van der Waals surface area contributed by atoms with Crippen LogP contribution in [0.25, 0.3) is 0 Å². The molecule has 9 heteroatoms. The molecule has 0 saturated heterocycles. The number of nitrogens with one attached hydrogen (secondary N) is 2. The SMILES string of the molecule is COc1cccc(OC)c1C(=O)Nc1ccc(SC(C)C(=O)Nc2ccccc2C(N)=O)cc1. The Hall–Kier alpha value is -3.98. The number of carbonyl (C=O) groups excluding carboxylic acids is 3. The van der Waals surface area contributed by atoms with E-state index in [9.17, 15) is 14.4 Å². The first-order valence-electron chi connectivity index (χ1n) is 10.3. The first-order valence-corrected chi connectivity index (χ1v) is 11.2. The molecule has 0 aromatic heterocycles. The van der Waals surface area contributed by atoms with Crippen LogP contribution in [0, 0.1) is 0 Å². The van der Waals surface area contributed by atoms with E-state index in [2.05, 4.69) is 10.6 Å². The van der Waals surface area contributed by atoms with Gasteiger partial charge in [0.15, 0.2) is 0 Å². The number of thioether (sulfide) groups is 1. The predicted molar refractivity (Wildman–Crippen MR) is 133 cm³/mol. The van der Waals surface area contributed by atoms with Crippen molar-refractivity contribution in [3.8, 4) is 11.5 Å². The monoisotopic (exact) mass is 479 g/mol. The van der Waals surface area contributed by atoms with Crippen molar-refractivity contribution in [1.82, 2.24) is 0 Å². The van der Waals surface area contributed by atoms with Gasteiger partial charge in [0.25, 0.3) is 11.8 Å². The zero-order chi connectivity index (χ0) is 24.7. The third-order valence-electron chi connectivity index (χ3n) is 4.90. The second-order valence-corrected chi connectivity index (χ2v) is 8.59. The van der Waals surface area contributed by atoms with Gasteiger partial charge in [-0.3, -0.25) is 14.4 Å². The number of hydrogen-bond acceptors (Lipinski definition) is 6. The molecule has 4 N–H and O–H groups in total. The van der Waals surface area contributed by atoms with Gasteiger partial charge >= 0.3 is 0 Å². The van der Waals surface area contributed by atoms with Crippen LogP contribution >= 0.6 is 11.8 Å². The van der Waals surface area contributed by atoms with Crippen LogP contribution in [0.4, 0.5) is 11.4 Å². The lowest BCUT2D eigenvalue weighted by molar-refractivity contribution is -0.115. The molecule has 34 heavy (non-hydrogen) atoms. The third kappa shape index (κ3) is 5.87. The molecule has 0 spiro atoms. The first kappa shape index (κ1) is 24.7. The van der Waals surface area contributed by atoms with E-state index in [1.54, 1.807) is 73.7 Å². The van der Waals surface area contributed by atoms with Crippen LogP contribution in [0.3, 0.4) is 0 Å². The molecule has 3 amide bonds. The Morgan fingerprint density at radius 1 is 0.853 bits per heavy atom. The number of nitrogens with two attached hydrogens (primary N) is 1. The topological polar surface area (TPSA) is 120 Å². The lowest BCUT2D eigenvalue weighted by Gasteiger charge is -2.15. The smallest absolute Gasteiger partial charge is 0.263 e. The van der Waals surface area contributed by atoms with Gasteiger partial charge in [0.1, 0.15) is 17.1 Å². The molecule has 0 saturated carbocycles. The quantitative estimate of drug-likeness (QED) is 0.396. The van der Waals surface area contributed by atoms with Gasteiger partial charge in [-0.1, -0.05) is 18.2 Å². The van der Waals surface area contributed by atoms with Crippen LogP contribution in [-0.4, -0.2) is 37.2 Å². The minimum Gasteiger partial charge on any atom is -0.496 e. The summed E-state index contributed by atoms with van der Waals surface area (Å²) in [7, 11) is 2.97. The highest BCUT2D eigenvalue weighted by Gasteiger charge is 2.19. The summed E-state index contributed by atoms with van der Waals surface area (Å²) in [4.78, 5) is 37.8. The van der Waals surface area contributed by atoms with Crippen LogP contribution in [0.5, 0.6) is 11.5 Å². The van der Waals surface area contributed by atoms with Gasteiger partial charge in [-0.2, -0.15) is 0 Å². The van der Waals surface area contributed by atoms with Crippen molar-refractivity contribution >= 4 is 40.9 Å². The summed E-state index contributed by atoms with van der Waals surface area (Å²) in [6.45, 7) is 1.76. The minimum atomic E-state index is -0.611. The summed E-state index contributed by atoms with van der Waals surface area (Å²) in [5.41, 5.74) is 6.87. The molecule has 0 radical (unpaired) electrons. The normalized spacial score (nSPS) is 11.3. The van der Waals surface area contributed by atoms with Crippen molar-refractivity contribution in [2.45, 2.75) is 17.1 Å². The van der Waals surface area contributed by atoms with E-state index in [1.165, 1.54) is 26.0 Å². The molecule has 3 aromatic rings. The number of benzene rings is 3. The molecule has 1 atom stereocenters. The second kappa shape index (κ2) is 11.2. The number of primary amides is 1. The molecule has 0 aliphatic carbocycles. The van der Waals surface area contributed by atoms with E-state index in [4.69, 9.17) is 15.2 Å². The van der Waals surface area contributed by atoms with Crippen LogP contribution in [-0.2, 0) is 4.79 Å². The summed E-state index contributed by atoms with van der Waals surface area (Å²) >= 11 is 1.34. The Morgan fingerprint density at radius 3 is 2.06 bits per heavy atom. The van der Waals surface area contributed by atoms with Crippen LogP contribution in [0.15, 0.2) is 71.6 Å². The first-order chi connectivity index (χ1) is 16.3. The Kier molecular flexibility index (Phi) is 8.15. The van der Waals surface area contributed by atoms with Crippen LogP contribution in [0.1, 0.15) is 27.6 Å². The van der Waals surface area contributed by atoms with Crippen molar-refractivity contribution < 1.29 is 23.9 Å². The Bertz CT molecular complexity index is 1180. The van der Waals surface area contributed by atoms with Gasteiger partial charge in [-0.25, -0.2) is 0 Å². The molecule has 3 rings (SSSR count). The van der Waals surface area contributed by atoms with Gasteiger partial charge in [-0.05, 0) is 55.5 Å². The molecule has 0 aliphatic rings. The van der Waals surface area contributed by atoms with Crippen LogP contribution < -0.4 is 25.8 Å². The number of anilines is 2. The van der Waals surface area contributed by atoms with E-state index >= 15 is 0 Å². The number of rotatable bonds is 9. The minimum absolute atomic E-state index is 0.250. The van der Waals surface area contributed by atoms with E-state index in [0.717, 1.165) is 4.90 Å². The Balaban J connectivity index is 1.65. The van der Waals surface area contributed by atoms with Gasteiger partial charge in [0.05, 0.1) is 30.7 Å². The standard InChI is InChI=1S/C25H25N3O5S/c1-15(24(30)28-19-8-5-4-7-18(19)23(26)29)34-17-13-11-16(12-14-17)27-25(31)22-20(32-2)9-6-10-21(22)33-3/h4-15H,1-3H3,(H2,26,29)(H,27,31)(H,28,30). The lowest BCUT2D eigenvalue weighted by Crippen LogP contribution is -2.24. The average molecular weight is 480 g/mol. The summed E-state index contributed by atoms with van der Waals surface area (Å²) in [6, 6.07) is 18.8. The third-order valence-corrected chi connectivity index (χ3v) is 6.01. The fourth-order valence-electron chi connectivity index (χ4n) is 3.18. The van der Waals surface area contributed by atoms with Crippen molar-refractivity contribution in [3.63, 3.8) is 0 Å². The molecule has 0 fully saturated rings. The Morgan fingerprint density at radius 2 is 1.47 bits per heavy atom. The van der Waals surface area contributed by atoms with E-state index in [-0.39, 0.29) is 17.4 Å². The molecule has 0 bridgehead atoms. The fourth-order valence-corrected chi connectivity index (χ4v) is 4.05. The molecule has 0 aliphatic heterocycles. The molecule has 8 nitrogen and oxygen atoms in total. The number of hydrogen-bond donors (Lipinski definition) is 3.